The minimum atomic E-state index is 0.329. The van der Waals surface area contributed by atoms with Crippen LogP contribution >= 0.6 is 11.8 Å². The summed E-state index contributed by atoms with van der Waals surface area (Å²) >= 11 is 1.68. The molecule has 3 heterocycles. The third-order valence-electron chi connectivity index (χ3n) is 7.28. The number of anilines is 2. The Morgan fingerprint density at radius 1 is 1.14 bits per heavy atom. The molecule has 0 amide bonds. The van der Waals surface area contributed by atoms with Gasteiger partial charge in [0.2, 0.25) is 0 Å². The highest BCUT2D eigenvalue weighted by Crippen LogP contribution is 2.48. The molecule has 0 spiro atoms. The molecule has 2 N–H and O–H groups in total. The number of hydrogen-bond acceptors (Lipinski definition) is 6. The molecule has 1 saturated carbocycles. The van der Waals surface area contributed by atoms with Crippen molar-refractivity contribution in [3.8, 4) is 0 Å². The largest absolute Gasteiger partial charge is 0.396 e. The van der Waals surface area contributed by atoms with Gasteiger partial charge in [-0.15, -0.1) is 0 Å². The van der Waals surface area contributed by atoms with E-state index in [1.807, 2.05) is 0 Å². The Bertz CT molecular complexity index is 873. The maximum atomic E-state index is 9.60. The van der Waals surface area contributed by atoms with Crippen molar-refractivity contribution in [1.29, 1.82) is 0 Å². The number of nitrogens with zero attached hydrogens (tertiary/aromatic N) is 3. The molecular formula is C23H30N4OS. The zero-order valence-electron chi connectivity index (χ0n) is 17.2. The third-order valence-corrected chi connectivity index (χ3v) is 8.35. The van der Waals surface area contributed by atoms with Gasteiger partial charge in [-0.1, -0.05) is 31.7 Å². The maximum Gasteiger partial charge on any atom is 0.163 e. The Labute approximate surface area is 177 Å². The van der Waals surface area contributed by atoms with E-state index in [0.717, 1.165) is 54.4 Å². The molecule has 1 saturated heterocycles. The predicted molar refractivity (Wildman–Crippen MR) is 116 cm³/mol. The van der Waals surface area contributed by atoms with Gasteiger partial charge in [0, 0.05) is 43.5 Å². The van der Waals surface area contributed by atoms with Gasteiger partial charge in [-0.25, -0.2) is 9.97 Å². The van der Waals surface area contributed by atoms with Crippen LogP contribution in [0.1, 0.15) is 32.3 Å². The van der Waals surface area contributed by atoms with E-state index in [1.165, 1.54) is 16.9 Å². The van der Waals surface area contributed by atoms with Crippen LogP contribution in [0.5, 0.6) is 0 Å². The Morgan fingerprint density at radius 2 is 1.90 bits per heavy atom. The van der Waals surface area contributed by atoms with Gasteiger partial charge in [0.05, 0.1) is 5.69 Å². The number of likely N-dealkylation sites (tertiary alicyclic amines) is 1. The van der Waals surface area contributed by atoms with E-state index in [0.29, 0.717) is 24.4 Å². The molecule has 1 aliphatic carbocycles. The zero-order valence-corrected chi connectivity index (χ0v) is 18.0. The van der Waals surface area contributed by atoms with Crippen molar-refractivity contribution in [2.45, 2.75) is 43.2 Å². The number of aliphatic hydroxyl groups is 1. The SMILES string of the molecule is CC1CC(C)C2CN(Cc3ccc4c(c3)Nc3nccnc3S4)CC1C2CCO. The Balaban J connectivity index is 1.33. The van der Waals surface area contributed by atoms with Crippen LogP contribution in [0, 0.1) is 29.6 Å². The molecule has 0 radical (unpaired) electrons. The third kappa shape index (κ3) is 3.66. The van der Waals surface area contributed by atoms with Crippen LogP contribution in [-0.2, 0) is 6.54 Å². The number of rotatable bonds is 4. The zero-order chi connectivity index (χ0) is 20.0. The first-order valence-corrected chi connectivity index (χ1v) is 11.7. The molecule has 4 unspecified atom stereocenters. The topological polar surface area (TPSA) is 61.3 Å². The number of fused-ring (bicyclic) bond motifs is 4. The molecule has 29 heavy (non-hydrogen) atoms. The van der Waals surface area contributed by atoms with Crippen molar-refractivity contribution >= 4 is 23.3 Å². The summed E-state index contributed by atoms with van der Waals surface area (Å²) in [4.78, 5) is 12.7. The van der Waals surface area contributed by atoms with Gasteiger partial charge in [0.1, 0.15) is 5.03 Å². The molecule has 6 heteroatoms. The minimum Gasteiger partial charge on any atom is -0.396 e. The van der Waals surface area contributed by atoms with Gasteiger partial charge < -0.3 is 10.4 Å². The fourth-order valence-electron chi connectivity index (χ4n) is 5.94. The van der Waals surface area contributed by atoms with Gasteiger partial charge in [-0.05, 0) is 60.1 Å². The molecule has 5 rings (SSSR count). The lowest BCUT2D eigenvalue weighted by atomic mass is 9.59. The van der Waals surface area contributed by atoms with Crippen LogP contribution in [0.4, 0.5) is 11.5 Å². The Kier molecular flexibility index (Phi) is 5.26. The molecule has 2 aromatic rings. The molecule has 5 nitrogen and oxygen atoms in total. The highest BCUT2D eigenvalue weighted by Gasteiger charge is 2.45. The number of aromatic nitrogens is 2. The standard InChI is InChI=1S/C23H30N4OS/c1-14-9-15(2)19-13-27(12-18(14)17(19)5-8-28)11-16-3-4-21-20(10-16)26-22-23(29-21)25-7-6-24-22/h3-4,6-7,10,14-15,17-19,28H,5,8-9,11-13H2,1-2H3,(H,24,26). The second-order valence-corrected chi connectivity index (χ2v) is 10.2. The molecule has 154 valence electrons. The van der Waals surface area contributed by atoms with Crippen molar-refractivity contribution < 1.29 is 5.11 Å². The van der Waals surface area contributed by atoms with Gasteiger partial charge >= 0.3 is 0 Å². The first-order valence-electron chi connectivity index (χ1n) is 10.8. The van der Waals surface area contributed by atoms with E-state index in [9.17, 15) is 5.11 Å². The van der Waals surface area contributed by atoms with Crippen molar-refractivity contribution in [1.82, 2.24) is 14.9 Å². The summed E-state index contributed by atoms with van der Waals surface area (Å²) in [5, 5.41) is 14.0. The highest BCUT2D eigenvalue weighted by molar-refractivity contribution is 7.99. The summed E-state index contributed by atoms with van der Waals surface area (Å²) in [5.41, 5.74) is 2.49. The molecule has 2 aliphatic heterocycles. The van der Waals surface area contributed by atoms with Gasteiger partial charge in [-0.2, -0.15) is 0 Å². The van der Waals surface area contributed by atoms with E-state index < -0.39 is 0 Å². The van der Waals surface area contributed by atoms with Crippen molar-refractivity contribution in [2.24, 2.45) is 29.6 Å². The summed E-state index contributed by atoms with van der Waals surface area (Å²) in [6, 6.07) is 6.75. The normalized spacial score (nSPS) is 30.9. The monoisotopic (exact) mass is 410 g/mol. The lowest BCUT2D eigenvalue weighted by Crippen LogP contribution is -2.53. The minimum absolute atomic E-state index is 0.329. The average molecular weight is 411 g/mol. The lowest BCUT2D eigenvalue weighted by Gasteiger charge is -2.53. The first kappa shape index (κ1) is 19.3. The van der Waals surface area contributed by atoms with E-state index in [2.05, 4.69) is 52.2 Å². The number of piperidine rings is 1. The summed E-state index contributed by atoms with van der Waals surface area (Å²) in [7, 11) is 0. The summed E-state index contributed by atoms with van der Waals surface area (Å²) in [5.74, 6) is 4.46. The van der Waals surface area contributed by atoms with Crippen LogP contribution in [-0.4, -0.2) is 39.7 Å². The van der Waals surface area contributed by atoms with Gasteiger partial charge in [0.15, 0.2) is 5.82 Å². The Hall–Kier alpha value is -1.63. The van der Waals surface area contributed by atoms with Crippen LogP contribution in [0.25, 0.3) is 0 Å². The average Bonchev–Trinajstić information content (AvgIpc) is 2.72. The fourth-order valence-corrected chi connectivity index (χ4v) is 6.82. The fraction of sp³-hybridized carbons (Fsp3) is 0.565. The van der Waals surface area contributed by atoms with Crippen molar-refractivity contribution in [3.05, 3.63) is 36.2 Å². The number of aliphatic hydroxyl groups excluding tert-OH is 1. The number of nitrogens with one attached hydrogen (secondary N) is 1. The van der Waals surface area contributed by atoms with Crippen LogP contribution < -0.4 is 5.32 Å². The van der Waals surface area contributed by atoms with Crippen molar-refractivity contribution in [3.63, 3.8) is 0 Å². The molecular weight excluding hydrogens is 380 g/mol. The van der Waals surface area contributed by atoms with Crippen molar-refractivity contribution in [2.75, 3.05) is 25.0 Å². The number of hydrogen-bond donors (Lipinski definition) is 2. The maximum absolute atomic E-state index is 9.60. The second-order valence-electron chi connectivity index (χ2n) is 9.16. The smallest absolute Gasteiger partial charge is 0.163 e. The predicted octanol–water partition coefficient (Wildman–Crippen LogP) is 4.41. The quantitative estimate of drug-likeness (QED) is 0.664. The van der Waals surface area contributed by atoms with E-state index >= 15 is 0 Å². The molecule has 2 bridgehead atoms. The van der Waals surface area contributed by atoms with E-state index in [-0.39, 0.29) is 0 Å². The Morgan fingerprint density at radius 3 is 2.66 bits per heavy atom. The van der Waals surface area contributed by atoms with E-state index in [1.54, 1.807) is 24.2 Å². The van der Waals surface area contributed by atoms with Gasteiger partial charge in [0.25, 0.3) is 0 Å². The first-order chi connectivity index (χ1) is 14.1. The van der Waals surface area contributed by atoms with Crippen LogP contribution in [0.3, 0.4) is 0 Å². The molecule has 2 fully saturated rings. The molecule has 3 aliphatic rings. The lowest BCUT2D eigenvalue weighted by molar-refractivity contribution is -0.0498. The molecule has 1 aromatic heterocycles. The highest BCUT2D eigenvalue weighted by atomic mass is 32.2. The molecule has 1 aromatic carbocycles. The summed E-state index contributed by atoms with van der Waals surface area (Å²) < 4.78 is 0. The second kappa shape index (κ2) is 7.89. The van der Waals surface area contributed by atoms with E-state index in [4.69, 9.17) is 0 Å². The molecule has 4 atom stereocenters. The van der Waals surface area contributed by atoms with Gasteiger partial charge in [-0.3, -0.25) is 4.90 Å². The van der Waals surface area contributed by atoms with Crippen LogP contribution in [0.15, 0.2) is 40.5 Å². The summed E-state index contributed by atoms with van der Waals surface area (Å²) in [6.45, 7) is 8.47. The van der Waals surface area contributed by atoms with Crippen LogP contribution in [0.2, 0.25) is 0 Å². The summed E-state index contributed by atoms with van der Waals surface area (Å²) in [6.07, 6.45) is 5.79. The number of benzene rings is 1.